The third-order valence-electron chi connectivity index (χ3n) is 7.53. The van der Waals surface area contributed by atoms with E-state index < -0.39 is 0 Å². The number of rotatable bonds is 6. The zero-order valence-electron chi connectivity index (χ0n) is 20.8. The van der Waals surface area contributed by atoms with Gasteiger partial charge in [0.1, 0.15) is 11.3 Å². The van der Waals surface area contributed by atoms with Gasteiger partial charge in [0.2, 0.25) is 0 Å². The SMILES string of the molecule is CC1(C)CCN(Cc2ccc3nc(Cn4cc(-c5cncc(N6CCCC6)c5)nn4)cn3c2)CC1. The van der Waals surface area contributed by atoms with E-state index in [2.05, 4.69) is 73.9 Å². The summed E-state index contributed by atoms with van der Waals surface area (Å²) in [4.78, 5) is 14.2. The Kier molecular flexibility index (Phi) is 5.76. The molecule has 0 N–H and O–H groups in total. The molecule has 6 heterocycles. The smallest absolute Gasteiger partial charge is 0.137 e. The quantitative estimate of drug-likeness (QED) is 0.420. The molecule has 2 fully saturated rings. The largest absolute Gasteiger partial charge is 0.370 e. The molecule has 8 heteroatoms. The van der Waals surface area contributed by atoms with E-state index in [1.54, 1.807) is 0 Å². The molecule has 2 aliphatic rings. The van der Waals surface area contributed by atoms with Gasteiger partial charge in [-0.15, -0.1) is 5.10 Å². The number of anilines is 1. The summed E-state index contributed by atoms with van der Waals surface area (Å²) in [6, 6.07) is 6.50. The van der Waals surface area contributed by atoms with Crippen molar-refractivity contribution >= 4 is 11.3 Å². The Hall–Kier alpha value is -3.26. The van der Waals surface area contributed by atoms with Gasteiger partial charge in [0.05, 0.1) is 30.3 Å². The minimum Gasteiger partial charge on any atom is -0.370 e. The average Bonchev–Trinajstić information content (AvgIpc) is 3.62. The molecule has 0 aliphatic carbocycles. The van der Waals surface area contributed by atoms with E-state index >= 15 is 0 Å². The van der Waals surface area contributed by atoms with E-state index in [0.717, 1.165) is 42.2 Å². The maximum Gasteiger partial charge on any atom is 0.137 e. The molecule has 2 aliphatic heterocycles. The van der Waals surface area contributed by atoms with Crippen LogP contribution < -0.4 is 4.90 Å². The molecule has 6 rings (SSSR count). The van der Waals surface area contributed by atoms with Crippen molar-refractivity contribution in [3.05, 3.63) is 60.4 Å². The lowest BCUT2D eigenvalue weighted by atomic mass is 9.82. The number of pyridine rings is 2. The van der Waals surface area contributed by atoms with Gasteiger partial charge in [-0.2, -0.15) is 0 Å². The molecule has 0 amide bonds. The average molecular weight is 471 g/mol. The van der Waals surface area contributed by atoms with Crippen LogP contribution in [0.5, 0.6) is 0 Å². The Bertz CT molecular complexity index is 1300. The first-order valence-corrected chi connectivity index (χ1v) is 12.8. The van der Waals surface area contributed by atoms with Crippen molar-refractivity contribution in [1.82, 2.24) is 34.3 Å². The number of fused-ring (bicyclic) bond motifs is 1. The summed E-state index contributed by atoms with van der Waals surface area (Å²) in [6.45, 7) is 10.9. The van der Waals surface area contributed by atoms with Gasteiger partial charge in [0.25, 0.3) is 0 Å². The highest BCUT2D eigenvalue weighted by atomic mass is 15.4. The number of hydrogen-bond donors (Lipinski definition) is 0. The van der Waals surface area contributed by atoms with Crippen molar-refractivity contribution in [2.24, 2.45) is 5.41 Å². The van der Waals surface area contributed by atoms with Crippen molar-refractivity contribution in [2.45, 2.75) is 52.6 Å². The standard InChI is InChI=1S/C27H34N8/c1-27(2)7-11-32(12-8-27)16-21-5-6-26-29-23(18-34(26)17-21)19-35-20-25(30-31-35)22-13-24(15-28-14-22)33-9-3-4-10-33/h5-6,13-15,17-18,20H,3-4,7-12,16,19H2,1-2H3. The molecule has 0 atom stereocenters. The van der Waals surface area contributed by atoms with Crippen LogP contribution in [0.2, 0.25) is 0 Å². The van der Waals surface area contributed by atoms with Crippen LogP contribution in [0.3, 0.4) is 0 Å². The lowest BCUT2D eigenvalue weighted by Crippen LogP contribution is -2.36. The second-order valence-corrected chi connectivity index (χ2v) is 10.9. The third-order valence-corrected chi connectivity index (χ3v) is 7.53. The summed E-state index contributed by atoms with van der Waals surface area (Å²) in [5.74, 6) is 0. The maximum atomic E-state index is 4.81. The second kappa shape index (κ2) is 9.07. The highest BCUT2D eigenvalue weighted by Gasteiger charge is 2.25. The first kappa shape index (κ1) is 22.2. The van der Waals surface area contributed by atoms with Crippen LogP contribution in [0.4, 0.5) is 5.69 Å². The Balaban J connectivity index is 1.14. The fraction of sp³-hybridized carbons (Fsp3) is 0.481. The lowest BCUT2D eigenvalue weighted by Gasteiger charge is -2.36. The summed E-state index contributed by atoms with van der Waals surface area (Å²) in [7, 11) is 0. The van der Waals surface area contributed by atoms with Crippen LogP contribution >= 0.6 is 0 Å². The van der Waals surface area contributed by atoms with Crippen molar-refractivity contribution in [3.63, 3.8) is 0 Å². The van der Waals surface area contributed by atoms with Crippen molar-refractivity contribution in [1.29, 1.82) is 0 Å². The molecule has 0 aromatic carbocycles. The first-order valence-electron chi connectivity index (χ1n) is 12.8. The van der Waals surface area contributed by atoms with E-state index in [1.807, 2.05) is 23.3 Å². The van der Waals surface area contributed by atoms with Gasteiger partial charge in [0, 0.05) is 43.8 Å². The Morgan fingerprint density at radius 1 is 0.914 bits per heavy atom. The van der Waals surface area contributed by atoms with Crippen LogP contribution in [0.25, 0.3) is 16.9 Å². The molecule has 8 nitrogen and oxygen atoms in total. The molecule has 4 aromatic heterocycles. The van der Waals surface area contributed by atoms with Gasteiger partial charge in [-0.25, -0.2) is 9.67 Å². The van der Waals surface area contributed by atoms with Crippen LogP contribution in [-0.2, 0) is 13.1 Å². The minimum atomic E-state index is 0.480. The number of likely N-dealkylation sites (tertiary alicyclic amines) is 1. The minimum absolute atomic E-state index is 0.480. The monoisotopic (exact) mass is 470 g/mol. The van der Waals surface area contributed by atoms with Crippen molar-refractivity contribution in [3.8, 4) is 11.3 Å². The molecule has 0 spiro atoms. The summed E-state index contributed by atoms with van der Waals surface area (Å²) < 4.78 is 4.00. The van der Waals surface area contributed by atoms with E-state index in [9.17, 15) is 0 Å². The Morgan fingerprint density at radius 3 is 2.57 bits per heavy atom. The fourth-order valence-corrected chi connectivity index (χ4v) is 5.22. The van der Waals surface area contributed by atoms with Gasteiger partial charge >= 0.3 is 0 Å². The summed E-state index contributed by atoms with van der Waals surface area (Å²) in [6.07, 6.45) is 15.1. The highest BCUT2D eigenvalue weighted by molar-refractivity contribution is 5.63. The molecule has 0 bridgehead atoms. The summed E-state index contributed by atoms with van der Waals surface area (Å²) in [5, 5.41) is 8.77. The molecular formula is C27H34N8. The molecule has 4 aromatic rings. The summed E-state index contributed by atoms with van der Waals surface area (Å²) >= 11 is 0. The number of aromatic nitrogens is 6. The van der Waals surface area contributed by atoms with Gasteiger partial charge in [-0.3, -0.25) is 9.88 Å². The zero-order chi connectivity index (χ0) is 23.8. The Morgan fingerprint density at radius 2 is 1.74 bits per heavy atom. The van der Waals surface area contributed by atoms with Gasteiger partial charge in [0.15, 0.2) is 0 Å². The van der Waals surface area contributed by atoms with Crippen molar-refractivity contribution < 1.29 is 0 Å². The Labute approximate surface area is 206 Å². The lowest BCUT2D eigenvalue weighted by molar-refractivity contribution is 0.127. The van der Waals surface area contributed by atoms with E-state index in [-0.39, 0.29) is 0 Å². The topological polar surface area (TPSA) is 67.4 Å². The number of imidazole rings is 1. The molecule has 0 saturated carbocycles. The molecule has 182 valence electrons. The number of piperidine rings is 1. The van der Waals surface area contributed by atoms with Crippen LogP contribution in [0, 0.1) is 5.41 Å². The first-order chi connectivity index (χ1) is 17.0. The predicted molar refractivity (Wildman–Crippen MR) is 137 cm³/mol. The van der Waals surface area contributed by atoms with Crippen molar-refractivity contribution in [2.75, 3.05) is 31.1 Å². The maximum absolute atomic E-state index is 4.81. The second-order valence-electron chi connectivity index (χ2n) is 10.9. The molecule has 2 saturated heterocycles. The normalized spacial score (nSPS) is 18.5. The van der Waals surface area contributed by atoms with E-state index in [4.69, 9.17) is 4.98 Å². The van der Waals surface area contributed by atoms with Crippen LogP contribution in [-0.4, -0.2) is 60.4 Å². The van der Waals surface area contributed by atoms with Gasteiger partial charge in [-0.05, 0) is 61.9 Å². The third kappa shape index (κ3) is 4.93. The fourth-order valence-electron chi connectivity index (χ4n) is 5.22. The summed E-state index contributed by atoms with van der Waals surface area (Å²) in [5.41, 5.74) is 6.76. The zero-order valence-corrected chi connectivity index (χ0v) is 20.8. The number of hydrogen-bond acceptors (Lipinski definition) is 6. The number of nitrogens with zero attached hydrogens (tertiary/aromatic N) is 8. The molecule has 0 radical (unpaired) electrons. The molecule has 0 unspecified atom stereocenters. The van der Waals surface area contributed by atoms with E-state index in [0.29, 0.717) is 12.0 Å². The van der Waals surface area contributed by atoms with E-state index in [1.165, 1.54) is 50.0 Å². The molecule has 35 heavy (non-hydrogen) atoms. The van der Waals surface area contributed by atoms with Gasteiger partial charge in [-0.1, -0.05) is 25.1 Å². The molecular weight excluding hydrogens is 436 g/mol. The highest BCUT2D eigenvalue weighted by Crippen LogP contribution is 2.30. The van der Waals surface area contributed by atoms with Gasteiger partial charge < -0.3 is 9.30 Å². The van der Waals surface area contributed by atoms with Crippen LogP contribution in [0.15, 0.2) is 49.2 Å². The van der Waals surface area contributed by atoms with Crippen LogP contribution in [0.1, 0.15) is 50.8 Å². The predicted octanol–water partition coefficient (Wildman–Crippen LogP) is 4.26.